The highest BCUT2D eigenvalue weighted by molar-refractivity contribution is 5.31. The highest BCUT2D eigenvalue weighted by Crippen LogP contribution is 2.40. The molecule has 1 fully saturated rings. The largest absolute Gasteiger partial charge is 0.258 e. The van der Waals surface area contributed by atoms with Crippen molar-refractivity contribution in [2.75, 3.05) is 0 Å². The van der Waals surface area contributed by atoms with Crippen molar-refractivity contribution >= 4 is 0 Å². The van der Waals surface area contributed by atoms with Crippen LogP contribution in [0.1, 0.15) is 35.7 Å². The first-order chi connectivity index (χ1) is 5.27. The summed E-state index contributed by atoms with van der Waals surface area (Å²) in [5.41, 5.74) is 3.41. The van der Waals surface area contributed by atoms with Gasteiger partial charge in [-0.1, -0.05) is 6.07 Å². The van der Waals surface area contributed by atoms with Gasteiger partial charge < -0.3 is 0 Å². The third-order valence-electron chi connectivity index (χ3n) is 2.17. The number of nitrogens with zero attached hydrogens (tertiary/aromatic N) is 1. The zero-order chi connectivity index (χ0) is 7.84. The summed E-state index contributed by atoms with van der Waals surface area (Å²) in [5.74, 6) is 0.774. The van der Waals surface area contributed by atoms with Crippen LogP contribution in [0.2, 0.25) is 0 Å². The zero-order valence-electron chi connectivity index (χ0n) is 6.80. The Kier molecular flexibility index (Phi) is 1.45. The SMILES string of the molecule is [CH2]c1nc(C)ccc1C1CC1. The molecule has 1 aromatic rings. The van der Waals surface area contributed by atoms with Gasteiger partial charge in [0.2, 0.25) is 0 Å². The van der Waals surface area contributed by atoms with Crippen LogP contribution in [0.4, 0.5) is 0 Å². The lowest BCUT2D eigenvalue weighted by atomic mass is 10.1. The van der Waals surface area contributed by atoms with Crippen LogP contribution >= 0.6 is 0 Å². The lowest BCUT2D eigenvalue weighted by Gasteiger charge is -2.02. The molecular formula is C10H12N. The van der Waals surface area contributed by atoms with Crippen LogP contribution in [-0.2, 0) is 0 Å². The molecule has 1 aliphatic carbocycles. The molecule has 1 nitrogen and oxygen atoms in total. The second-order valence-corrected chi connectivity index (χ2v) is 3.26. The molecule has 1 saturated carbocycles. The van der Waals surface area contributed by atoms with Gasteiger partial charge in [0, 0.05) is 11.4 Å². The van der Waals surface area contributed by atoms with E-state index in [-0.39, 0.29) is 0 Å². The lowest BCUT2D eigenvalue weighted by molar-refractivity contribution is 1.04. The van der Waals surface area contributed by atoms with Crippen molar-refractivity contribution in [3.8, 4) is 0 Å². The van der Waals surface area contributed by atoms with Crippen LogP contribution in [0.15, 0.2) is 12.1 Å². The van der Waals surface area contributed by atoms with Crippen LogP contribution < -0.4 is 0 Å². The Morgan fingerprint density at radius 2 is 2.18 bits per heavy atom. The van der Waals surface area contributed by atoms with Crippen LogP contribution in [0.5, 0.6) is 0 Å². The van der Waals surface area contributed by atoms with Crippen molar-refractivity contribution in [2.45, 2.75) is 25.7 Å². The molecule has 57 valence electrons. The van der Waals surface area contributed by atoms with Crippen molar-refractivity contribution in [3.05, 3.63) is 36.0 Å². The smallest absolute Gasteiger partial charge is 0.0445 e. The second-order valence-electron chi connectivity index (χ2n) is 3.26. The molecule has 0 N–H and O–H groups in total. The van der Waals surface area contributed by atoms with Crippen molar-refractivity contribution in [2.24, 2.45) is 0 Å². The summed E-state index contributed by atoms with van der Waals surface area (Å²) in [5, 5.41) is 0. The molecule has 0 saturated heterocycles. The zero-order valence-corrected chi connectivity index (χ0v) is 6.80. The van der Waals surface area contributed by atoms with E-state index in [0.717, 1.165) is 17.3 Å². The van der Waals surface area contributed by atoms with Gasteiger partial charge in [-0.05, 0) is 44.2 Å². The van der Waals surface area contributed by atoms with E-state index >= 15 is 0 Å². The van der Waals surface area contributed by atoms with Gasteiger partial charge in [-0.2, -0.15) is 0 Å². The van der Waals surface area contributed by atoms with Gasteiger partial charge in [0.1, 0.15) is 0 Å². The quantitative estimate of drug-likeness (QED) is 0.593. The van der Waals surface area contributed by atoms with E-state index < -0.39 is 0 Å². The maximum Gasteiger partial charge on any atom is 0.0445 e. The van der Waals surface area contributed by atoms with E-state index in [0.29, 0.717) is 0 Å². The van der Waals surface area contributed by atoms with Crippen LogP contribution in [-0.4, -0.2) is 4.98 Å². The standard InChI is InChI=1S/C10H12N/c1-7-3-6-10(8(2)11-7)9-4-5-9/h3,6,9H,2,4-5H2,1H3. The molecule has 1 aliphatic rings. The molecule has 2 rings (SSSR count). The number of hydrogen-bond donors (Lipinski definition) is 0. The van der Waals surface area contributed by atoms with E-state index in [1.54, 1.807) is 0 Å². The molecule has 0 aromatic carbocycles. The summed E-state index contributed by atoms with van der Waals surface area (Å²) < 4.78 is 0. The summed E-state index contributed by atoms with van der Waals surface area (Å²) in [6.45, 7) is 5.94. The summed E-state index contributed by atoms with van der Waals surface area (Å²) >= 11 is 0. The number of hydrogen-bond acceptors (Lipinski definition) is 1. The Morgan fingerprint density at radius 1 is 1.45 bits per heavy atom. The Morgan fingerprint density at radius 3 is 2.73 bits per heavy atom. The highest BCUT2D eigenvalue weighted by Gasteiger charge is 2.25. The minimum absolute atomic E-state index is 0.774. The Hall–Kier alpha value is -0.850. The topological polar surface area (TPSA) is 12.9 Å². The maximum atomic E-state index is 4.32. The van der Waals surface area contributed by atoms with Crippen molar-refractivity contribution < 1.29 is 0 Å². The molecule has 1 heterocycles. The summed E-state index contributed by atoms with van der Waals surface area (Å²) in [4.78, 5) is 4.32. The van der Waals surface area contributed by atoms with Gasteiger partial charge in [-0.3, -0.25) is 4.98 Å². The van der Waals surface area contributed by atoms with E-state index in [1.165, 1.54) is 18.4 Å². The molecule has 11 heavy (non-hydrogen) atoms. The van der Waals surface area contributed by atoms with Gasteiger partial charge in [-0.15, -0.1) is 0 Å². The molecule has 1 heteroatoms. The Balaban J connectivity index is 2.39. The van der Waals surface area contributed by atoms with Crippen LogP contribution in [0.25, 0.3) is 0 Å². The fourth-order valence-corrected chi connectivity index (χ4v) is 1.39. The third kappa shape index (κ3) is 1.28. The molecule has 1 aromatic heterocycles. The average Bonchev–Trinajstić information content (AvgIpc) is 2.70. The lowest BCUT2D eigenvalue weighted by Crippen LogP contribution is -1.91. The normalized spacial score (nSPS) is 16.9. The van der Waals surface area contributed by atoms with Crippen molar-refractivity contribution in [1.82, 2.24) is 4.98 Å². The summed E-state index contributed by atoms with van der Waals surface area (Å²) in [6, 6.07) is 4.24. The minimum atomic E-state index is 0.774. The van der Waals surface area contributed by atoms with Gasteiger partial charge in [0.25, 0.3) is 0 Å². The average molecular weight is 146 g/mol. The van der Waals surface area contributed by atoms with E-state index in [9.17, 15) is 0 Å². The van der Waals surface area contributed by atoms with Crippen molar-refractivity contribution in [1.29, 1.82) is 0 Å². The monoisotopic (exact) mass is 146 g/mol. The second kappa shape index (κ2) is 2.33. The molecule has 0 aliphatic heterocycles. The van der Waals surface area contributed by atoms with Gasteiger partial charge >= 0.3 is 0 Å². The third-order valence-corrected chi connectivity index (χ3v) is 2.17. The molecular weight excluding hydrogens is 134 g/mol. The fraction of sp³-hybridized carbons (Fsp3) is 0.400. The number of aryl methyl sites for hydroxylation is 1. The first-order valence-corrected chi connectivity index (χ1v) is 4.07. The summed E-state index contributed by atoms with van der Waals surface area (Å²) in [6.07, 6.45) is 2.65. The summed E-state index contributed by atoms with van der Waals surface area (Å²) in [7, 11) is 0. The Labute approximate surface area is 67.5 Å². The minimum Gasteiger partial charge on any atom is -0.258 e. The maximum absolute atomic E-state index is 4.32. The predicted molar refractivity (Wildman–Crippen MR) is 45.4 cm³/mol. The van der Waals surface area contributed by atoms with Gasteiger partial charge in [0.15, 0.2) is 0 Å². The first kappa shape index (κ1) is 6.84. The van der Waals surface area contributed by atoms with E-state index in [4.69, 9.17) is 0 Å². The molecule has 0 amide bonds. The van der Waals surface area contributed by atoms with Gasteiger partial charge in [-0.25, -0.2) is 0 Å². The van der Waals surface area contributed by atoms with Crippen LogP contribution in [0.3, 0.4) is 0 Å². The number of rotatable bonds is 1. The number of aromatic nitrogens is 1. The molecule has 0 unspecified atom stereocenters. The Bertz CT molecular complexity index is 274. The highest BCUT2D eigenvalue weighted by atomic mass is 14.7. The number of pyridine rings is 1. The van der Waals surface area contributed by atoms with E-state index in [2.05, 4.69) is 24.0 Å². The molecule has 0 bridgehead atoms. The van der Waals surface area contributed by atoms with E-state index in [1.807, 2.05) is 6.92 Å². The molecule has 0 spiro atoms. The van der Waals surface area contributed by atoms with Gasteiger partial charge in [0.05, 0.1) is 0 Å². The van der Waals surface area contributed by atoms with Crippen LogP contribution in [0, 0.1) is 13.8 Å². The van der Waals surface area contributed by atoms with Crippen molar-refractivity contribution in [3.63, 3.8) is 0 Å². The predicted octanol–water partition coefficient (Wildman–Crippen LogP) is 2.45. The fourth-order valence-electron chi connectivity index (χ4n) is 1.39. The molecule has 1 radical (unpaired) electrons. The first-order valence-electron chi connectivity index (χ1n) is 4.07. The molecule has 0 atom stereocenters.